The van der Waals surface area contributed by atoms with Gasteiger partial charge in [-0.25, -0.2) is 0 Å². The van der Waals surface area contributed by atoms with E-state index in [1.54, 1.807) is 0 Å². The van der Waals surface area contributed by atoms with Crippen molar-refractivity contribution in [3.05, 3.63) is 0 Å². The average Bonchev–Trinajstić information content (AvgIpc) is 2.54. The van der Waals surface area contributed by atoms with Crippen LogP contribution in [0.3, 0.4) is 0 Å². The Kier molecular flexibility index (Phi) is 6.20. The van der Waals surface area contributed by atoms with Crippen LogP contribution >= 0.6 is 0 Å². The molecule has 6 heteroatoms. The zero-order valence-corrected chi connectivity index (χ0v) is 16.2. The molecule has 2 unspecified atom stereocenters. The maximum atomic E-state index is 12.7. The highest BCUT2D eigenvalue weighted by molar-refractivity contribution is 5.80. The lowest BCUT2D eigenvalue weighted by Gasteiger charge is -2.40. The van der Waals surface area contributed by atoms with Crippen LogP contribution in [0.2, 0.25) is 0 Å². The van der Waals surface area contributed by atoms with E-state index in [1.165, 1.54) is 25.7 Å². The molecule has 0 spiro atoms. The van der Waals surface area contributed by atoms with Gasteiger partial charge in [0.2, 0.25) is 5.91 Å². The highest BCUT2D eigenvalue weighted by Crippen LogP contribution is 2.21. The first-order valence-electron chi connectivity index (χ1n) is 10.0. The molecule has 142 valence electrons. The predicted molar refractivity (Wildman–Crippen MR) is 102 cm³/mol. The first-order chi connectivity index (χ1) is 12.0. The van der Waals surface area contributed by atoms with Crippen LogP contribution in [0, 0.1) is 11.8 Å². The molecule has 2 heterocycles. The van der Waals surface area contributed by atoms with Gasteiger partial charge in [0.1, 0.15) is 0 Å². The summed E-state index contributed by atoms with van der Waals surface area (Å²) < 4.78 is 0. The zero-order valence-electron chi connectivity index (χ0n) is 16.2. The molecule has 0 aromatic heterocycles. The number of guanidine groups is 1. The number of likely N-dealkylation sites (tertiary alicyclic amines) is 1. The van der Waals surface area contributed by atoms with E-state index in [0.717, 1.165) is 45.2 Å². The number of carbonyl (C=O) groups is 1. The van der Waals surface area contributed by atoms with Crippen LogP contribution in [0.25, 0.3) is 0 Å². The lowest BCUT2D eigenvalue weighted by atomic mass is 9.92. The molecule has 3 fully saturated rings. The van der Waals surface area contributed by atoms with Crippen LogP contribution in [0.4, 0.5) is 0 Å². The molecule has 1 aliphatic carbocycles. The lowest BCUT2D eigenvalue weighted by molar-refractivity contribution is -0.135. The molecule has 0 aromatic rings. The zero-order chi connectivity index (χ0) is 17.8. The molecule has 0 bridgehead atoms. The highest BCUT2D eigenvalue weighted by atomic mass is 16.2. The Morgan fingerprint density at radius 3 is 2.20 bits per heavy atom. The fourth-order valence-corrected chi connectivity index (χ4v) is 4.31. The van der Waals surface area contributed by atoms with E-state index >= 15 is 0 Å². The fraction of sp³-hybridized carbons (Fsp3) is 0.895. The number of hydrogen-bond acceptors (Lipinski definition) is 3. The Morgan fingerprint density at radius 1 is 1.04 bits per heavy atom. The van der Waals surface area contributed by atoms with Gasteiger partial charge in [-0.2, -0.15) is 0 Å². The molecule has 0 radical (unpaired) electrons. The van der Waals surface area contributed by atoms with E-state index in [1.807, 2.05) is 7.05 Å². The second kappa shape index (κ2) is 8.39. The number of nitrogens with zero attached hydrogens (tertiary/aromatic N) is 4. The minimum atomic E-state index is 0.309. The van der Waals surface area contributed by atoms with Gasteiger partial charge in [0, 0.05) is 52.4 Å². The van der Waals surface area contributed by atoms with Crippen LogP contribution in [0.5, 0.6) is 0 Å². The lowest BCUT2D eigenvalue weighted by Crippen LogP contribution is -2.56. The van der Waals surface area contributed by atoms with Crippen molar-refractivity contribution in [2.24, 2.45) is 16.8 Å². The number of amides is 1. The molecular weight excluding hydrogens is 314 g/mol. The van der Waals surface area contributed by atoms with Crippen LogP contribution in [0.1, 0.15) is 39.5 Å². The van der Waals surface area contributed by atoms with E-state index in [0.29, 0.717) is 30.3 Å². The number of nitrogens with one attached hydrogen (secondary N) is 1. The first kappa shape index (κ1) is 18.5. The molecule has 1 amide bonds. The smallest absolute Gasteiger partial charge is 0.236 e. The molecule has 1 N–H and O–H groups in total. The number of carbonyl (C=O) groups excluding carboxylic acids is 1. The average molecular weight is 350 g/mol. The molecule has 0 aromatic carbocycles. The normalized spacial score (nSPS) is 29.5. The third-order valence-corrected chi connectivity index (χ3v) is 5.90. The predicted octanol–water partition coefficient (Wildman–Crippen LogP) is 1.24. The van der Waals surface area contributed by atoms with Gasteiger partial charge in [0.25, 0.3) is 0 Å². The van der Waals surface area contributed by atoms with Crippen LogP contribution in [0.15, 0.2) is 4.99 Å². The molecule has 2 atom stereocenters. The molecule has 3 aliphatic rings. The van der Waals surface area contributed by atoms with Crippen molar-refractivity contribution in [1.82, 2.24) is 20.0 Å². The highest BCUT2D eigenvalue weighted by Gasteiger charge is 2.28. The summed E-state index contributed by atoms with van der Waals surface area (Å²) in [7, 11) is 1.87. The Bertz CT molecular complexity index is 472. The van der Waals surface area contributed by atoms with Crippen molar-refractivity contribution >= 4 is 11.9 Å². The third-order valence-electron chi connectivity index (χ3n) is 5.90. The number of hydrogen-bond donors (Lipinski definition) is 1. The van der Waals surface area contributed by atoms with Gasteiger partial charge in [0.15, 0.2) is 5.96 Å². The Morgan fingerprint density at radius 2 is 1.68 bits per heavy atom. The van der Waals surface area contributed by atoms with Gasteiger partial charge in [0.05, 0.1) is 6.54 Å². The summed E-state index contributed by atoms with van der Waals surface area (Å²) in [6.45, 7) is 10.7. The number of piperazine rings is 1. The monoisotopic (exact) mass is 349 g/mol. The van der Waals surface area contributed by atoms with Crippen molar-refractivity contribution < 1.29 is 4.79 Å². The van der Waals surface area contributed by atoms with Crippen molar-refractivity contribution in [1.29, 1.82) is 0 Å². The number of piperidine rings is 1. The van der Waals surface area contributed by atoms with Gasteiger partial charge >= 0.3 is 0 Å². The largest absolute Gasteiger partial charge is 0.354 e. The maximum Gasteiger partial charge on any atom is 0.236 e. The summed E-state index contributed by atoms with van der Waals surface area (Å²) in [6.07, 6.45) is 5.11. The van der Waals surface area contributed by atoms with Gasteiger partial charge < -0.3 is 15.1 Å². The van der Waals surface area contributed by atoms with E-state index in [4.69, 9.17) is 0 Å². The fourth-order valence-electron chi connectivity index (χ4n) is 4.31. The quantitative estimate of drug-likeness (QED) is 0.615. The Labute approximate surface area is 152 Å². The molecule has 25 heavy (non-hydrogen) atoms. The Hall–Kier alpha value is -1.30. The maximum absolute atomic E-state index is 12.7. The van der Waals surface area contributed by atoms with E-state index in [2.05, 4.69) is 38.9 Å². The molecule has 2 saturated heterocycles. The van der Waals surface area contributed by atoms with Crippen molar-refractivity contribution in [3.63, 3.8) is 0 Å². The summed E-state index contributed by atoms with van der Waals surface area (Å²) >= 11 is 0. The van der Waals surface area contributed by atoms with Crippen LogP contribution in [-0.2, 0) is 4.79 Å². The van der Waals surface area contributed by atoms with Gasteiger partial charge in [-0.05, 0) is 37.5 Å². The second-order valence-corrected chi connectivity index (χ2v) is 8.33. The molecule has 3 rings (SSSR count). The summed E-state index contributed by atoms with van der Waals surface area (Å²) in [4.78, 5) is 23.8. The molecule has 2 aliphatic heterocycles. The summed E-state index contributed by atoms with van der Waals surface area (Å²) in [6, 6.07) is 0.612. The molecule has 6 nitrogen and oxygen atoms in total. The summed E-state index contributed by atoms with van der Waals surface area (Å²) in [5.41, 5.74) is 0. The minimum Gasteiger partial charge on any atom is -0.354 e. The standard InChI is InChI=1S/C19H35N5O/c1-15-11-16(2)13-24(12-15)18(25)14-22-7-9-23(10-8-22)19(20-3)21-17-5-4-6-17/h15-17H,4-14H2,1-3H3,(H,20,21). The molecule has 1 saturated carbocycles. The second-order valence-electron chi connectivity index (χ2n) is 8.33. The van der Waals surface area contributed by atoms with Crippen LogP contribution in [-0.4, -0.2) is 85.5 Å². The van der Waals surface area contributed by atoms with Crippen molar-refractivity contribution in [3.8, 4) is 0 Å². The first-order valence-corrected chi connectivity index (χ1v) is 10.0. The van der Waals surface area contributed by atoms with Crippen molar-refractivity contribution in [2.45, 2.75) is 45.6 Å². The van der Waals surface area contributed by atoms with E-state index in [9.17, 15) is 4.79 Å². The van der Waals surface area contributed by atoms with Crippen LogP contribution < -0.4 is 5.32 Å². The van der Waals surface area contributed by atoms with E-state index < -0.39 is 0 Å². The SMILES string of the molecule is CN=C(NC1CCC1)N1CCN(CC(=O)N2CC(C)CC(C)C2)CC1. The van der Waals surface area contributed by atoms with Gasteiger partial charge in [-0.1, -0.05) is 13.8 Å². The van der Waals surface area contributed by atoms with Gasteiger partial charge in [-0.15, -0.1) is 0 Å². The number of aliphatic imine (C=N–C) groups is 1. The Balaban J connectivity index is 1.43. The minimum absolute atomic E-state index is 0.309. The summed E-state index contributed by atoms with van der Waals surface area (Å²) in [5, 5.41) is 3.57. The third kappa shape index (κ3) is 4.87. The summed E-state index contributed by atoms with van der Waals surface area (Å²) in [5.74, 6) is 2.61. The number of rotatable bonds is 3. The van der Waals surface area contributed by atoms with Crippen molar-refractivity contribution in [2.75, 3.05) is 52.9 Å². The molecular formula is C19H35N5O. The van der Waals surface area contributed by atoms with Gasteiger partial charge in [-0.3, -0.25) is 14.7 Å². The topological polar surface area (TPSA) is 51.2 Å². The van der Waals surface area contributed by atoms with E-state index in [-0.39, 0.29) is 0 Å².